The fraction of sp³-hybridized carbons (Fsp3) is 0.286. The highest BCUT2D eigenvalue weighted by atomic mass is 19.1. The van der Waals surface area contributed by atoms with Gasteiger partial charge >= 0.3 is 5.97 Å². The Labute approximate surface area is 148 Å². The molecule has 0 spiro atoms. The molecule has 0 bridgehead atoms. The van der Waals surface area contributed by atoms with E-state index in [1.54, 1.807) is 12.1 Å². The Hall–Kier alpha value is -2.46. The molecular weight excluding hydrogens is 317 g/mol. The van der Waals surface area contributed by atoms with Gasteiger partial charge in [0.25, 0.3) is 0 Å². The van der Waals surface area contributed by atoms with Gasteiger partial charge < -0.3 is 10.8 Å². The zero-order valence-electron chi connectivity index (χ0n) is 14.6. The number of aryl methyl sites for hydroxylation is 2. The van der Waals surface area contributed by atoms with Gasteiger partial charge in [-0.1, -0.05) is 50.3 Å². The number of halogens is 1. The lowest BCUT2D eigenvalue weighted by molar-refractivity contribution is -0.138. The summed E-state index contributed by atoms with van der Waals surface area (Å²) in [5.74, 6) is -1.34. The van der Waals surface area contributed by atoms with Crippen LogP contribution in [0.2, 0.25) is 0 Å². The minimum absolute atomic E-state index is 0.207. The van der Waals surface area contributed by atoms with Crippen LogP contribution in [0, 0.1) is 5.82 Å². The maximum atomic E-state index is 13.3. The number of carbonyl (C=O) groups is 1. The molecule has 0 heterocycles. The number of hydrogen-bond donors (Lipinski definition) is 2. The summed E-state index contributed by atoms with van der Waals surface area (Å²) in [7, 11) is 0. The molecule has 1 atom stereocenters. The van der Waals surface area contributed by atoms with Crippen LogP contribution in [0.5, 0.6) is 0 Å². The maximum absolute atomic E-state index is 13.3. The predicted molar refractivity (Wildman–Crippen MR) is 98.9 cm³/mol. The number of rotatable bonds is 7. The third-order valence-corrected chi connectivity index (χ3v) is 4.33. The minimum atomic E-state index is -1.04. The van der Waals surface area contributed by atoms with Gasteiger partial charge in [-0.15, -0.1) is 0 Å². The van der Waals surface area contributed by atoms with E-state index in [4.69, 9.17) is 10.8 Å². The SMILES string of the molecule is CCc1ccc(/C(=C\CC(N)C(=O)O)c2ccc(F)cc2)cc1CC. The first-order chi connectivity index (χ1) is 12.0. The van der Waals surface area contributed by atoms with E-state index in [1.807, 2.05) is 12.1 Å². The fourth-order valence-corrected chi connectivity index (χ4v) is 2.84. The van der Waals surface area contributed by atoms with Gasteiger partial charge in [-0.05, 0) is 59.2 Å². The van der Waals surface area contributed by atoms with E-state index in [-0.39, 0.29) is 12.2 Å². The van der Waals surface area contributed by atoms with E-state index in [0.29, 0.717) is 0 Å². The van der Waals surface area contributed by atoms with Gasteiger partial charge in [-0.2, -0.15) is 0 Å². The minimum Gasteiger partial charge on any atom is -0.480 e. The molecule has 0 saturated heterocycles. The van der Waals surface area contributed by atoms with Gasteiger partial charge in [-0.25, -0.2) is 4.39 Å². The molecule has 4 heteroatoms. The zero-order chi connectivity index (χ0) is 18.4. The van der Waals surface area contributed by atoms with Crippen LogP contribution in [-0.2, 0) is 17.6 Å². The van der Waals surface area contributed by atoms with Crippen molar-refractivity contribution >= 4 is 11.5 Å². The summed E-state index contributed by atoms with van der Waals surface area (Å²) in [5, 5.41) is 9.02. The van der Waals surface area contributed by atoms with Crippen LogP contribution in [0.1, 0.15) is 42.5 Å². The molecule has 25 heavy (non-hydrogen) atoms. The Balaban J connectivity index is 2.49. The molecule has 0 aliphatic rings. The van der Waals surface area contributed by atoms with Gasteiger partial charge in [0, 0.05) is 0 Å². The van der Waals surface area contributed by atoms with E-state index in [2.05, 4.69) is 26.0 Å². The topological polar surface area (TPSA) is 63.3 Å². The molecule has 2 rings (SSSR count). The third kappa shape index (κ3) is 4.77. The summed E-state index contributed by atoms with van der Waals surface area (Å²) in [6.45, 7) is 4.23. The van der Waals surface area contributed by atoms with Crippen molar-refractivity contribution in [1.29, 1.82) is 0 Å². The largest absolute Gasteiger partial charge is 0.480 e. The second kappa shape index (κ2) is 8.58. The highest BCUT2D eigenvalue weighted by Crippen LogP contribution is 2.27. The second-order valence-corrected chi connectivity index (χ2v) is 6.00. The van der Waals surface area contributed by atoms with Crippen LogP contribution in [0.4, 0.5) is 4.39 Å². The molecule has 0 fully saturated rings. The van der Waals surface area contributed by atoms with Crippen LogP contribution in [0.25, 0.3) is 5.57 Å². The van der Waals surface area contributed by atoms with E-state index < -0.39 is 12.0 Å². The number of aliphatic carboxylic acids is 1. The van der Waals surface area contributed by atoms with Crippen molar-refractivity contribution in [2.45, 2.75) is 39.2 Å². The smallest absolute Gasteiger partial charge is 0.320 e. The molecule has 2 aromatic rings. The van der Waals surface area contributed by atoms with Crippen molar-refractivity contribution in [3.8, 4) is 0 Å². The molecule has 0 amide bonds. The molecule has 132 valence electrons. The number of hydrogen-bond acceptors (Lipinski definition) is 2. The summed E-state index contributed by atoms with van der Waals surface area (Å²) in [6.07, 6.45) is 3.91. The van der Waals surface area contributed by atoms with Gasteiger partial charge in [-0.3, -0.25) is 4.79 Å². The maximum Gasteiger partial charge on any atom is 0.320 e. The Kier molecular flexibility index (Phi) is 6.48. The molecule has 3 nitrogen and oxygen atoms in total. The number of carboxylic acid groups (broad SMARTS) is 1. The first kappa shape index (κ1) is 18.9. The lowest BCUT2D eigenvalue weighted by Gasteiger charge is -2.14. The highest BCUT2D eigenvalue weighted by molar-refractivity contribution is 5.81. The van der Waals surface area contributed by atoms with E-state index in [0.717, 1.165) is 29.5 Å². The van der Waals surface area contributed by atoms with E-state index in [9.17, 15) is 9.18 Å². The van der Waals surface area contributed by atoms with Crippen molar-refractivity contribution in [3.63, 3.8) is 0 Å². The Morgan fingerprint density at radius 2 is 1.68 bits per heavy atom. The van der Waals surface area contributed by atoms with Crippen molar-refractivity contribution in [1.82, 2.24) is 0 Å². The first-order valence-electron chi connectivity index (χ1n) is 8.52. The molecule has 3 N–H and O–H groups in total. The zero-order valence-corrected chi connectivity index (χ0v) is 14.6. The van der Waals surface area contributed by atoms with Crippen molar-refractivity contribution < 1.29 is 14.3 Å². The average molecular weight is 341 g/mol. The number of carboxylic acids is 1. The fourth-order valence-electron chi connectivity index (χ4n) is 2.84. The van der Waals surface area contributed by atoms with Crippen LogP contribution >= 0.6 is 0 Å². The van der Waals surface area contributed by atoms with E-state index >= 15 is 0 Å². The molecule has 2 aromatic carbocycles. The first-order valence-corrected chi connectivity index (χ1v) is 8.52. The molecule has 0 saturated carbocycles. The number of benzene rings is 2. The third-order valence-electron chi connectivity index (χ3n) is 4.33. The van der Waals surface area contributed by atoms with Crippen LogP contribution < -0.4 is 5.73 Å². The summed E-state index contributed by atoms with van der Waals surface area (Å²) >= 11 is 0. The van der Waals surface area contributed by atoms with Crippen molar-refractivity contribution in [2.24, 2.45) is 5.73 Å². The van der Waals surface area contributed by atoms with Crippen LogP contribution in [0.15, 0.2) is 48.5 Å². The molecule has 0 radical (unpaired) electrons. The summed E-state index contributed by atoms with van der Waals surface area (Å²) in [5.41, 5.74) is 10.9. The lowest BCUT2D eigenvalue weighted by Crippen LogP contribution is -2.29. The Morgan fingerprint density at radius 3 is 2.24 bits per heavy atom. The van der Waals surface area contributed by atoms with Gasteiger partial charge in [0.05, 0.1) is 0 Å². The Bertz CT molecular complexity index is 766. The molecular formula is C21H24FNO2. The van der Waals surface area contributed by atoms with E-state index in [1.165, 1.54) is 23.3 Å². The van der Waals surface area contributed by atoms with Gasteiger partial charge in [0.2, 0.25) is 0 Å². The molecule has 0 aliphatic carbocycles. The number of nitrogens with two attached hydrogens (primary N) is 1. The summed E-state index contributed by atoms with van der Waals surface area (Å²) in [4.78, 5) is 11.0. The molecule has 0 aliphatic heterocycles. The Morgan fingerprint density at radius 1 is 1.08 bits per heavy atom. The summed E-state index contributed by atoms with van der Waals surface area (Å²) < 4.78 is 13.3. The quantitative estimate of drug-likeness (QED) is 0.794. The highest BCUT2D eigenvalue weighted by Gasteiger charge is 2.13. The average Bonchev–Trinajstić information content (AvgIpc) is 2.62. The van der Waals surface area contributed by atoms with Gasteiger partial charge in [0.15, 0.2) is 0 Å². The lowest BCUT2D eigenvalue weighted by atomic mass is 9.92. The van der Waals surface area contributed by atoms with Crippen molar-refractivity contribution in [3.05, 3.63) is 76.6 Å². The molecule has 0 aromatic heterocycles. The predicted octanol–water partition coefficient (Wildman–Crippen LogP) is 4.18. The monoisotopic (exact) mass is 341 g/mol. The van der Waals surface area contributed by atoms with Gasteiger partial charge in [0.1, 0.15) is 11.9 Å². The van der Waals surface area contributed by atoms with Crippen LogP contribution in [0.3, 0.4) is 0 Å². The second-order valence-electron chi connectivity index (χ2n) is 6.00. The standard InChI is InChI=1S/C21H24FNO2/c1-3-14-5-6-17(13-15(14)4-2)19(11-12-20(23)21(24)25)16-7-9-18(22)10-8-16/h5-11,13,20H,3-4,12,23H2,1-2H3,(H,24,25)/b19-11-. The van der Waals surface area contributed by atoms with Crippen LogP contribution in [-0.4, -0.2) is 17.1 Å². The molecule has 1 unspecified atom stereocenters. The summed E-state index contributed by atoms with van der Waals surface area (Å²) in [6, 6.07) is 11.5. The van der Waals surface area contributed by atoms with Crippen molar-refractivity contribution in [2.75, 3.05) is 0 Å². The normalized spacial score (nSPS) is 12.9.